The molecule has 0 fully saturated rings. The molecule has 2 aliphatic rings. The van der Waals surface area contributed by atoms with Crippen LogP contribution in [-0.2, 0) is 61.2 Å². The molecule has 2 aromatic heterocycles. The van der Waals surface area contributed by atoms with E-state index in [4.69, 9.17) is 28.5 Å². The van der Waals surface area contributed by atoms with E-state index in [-0.39, 0.29) is 50.8 Å². The summed E-state index contributed by atoms with van der Waals surface area (Å²) in [4.78, 5) is 71.3. The number of pyridine rings is 2. The molecule has 3 aromatic rings. The minimum absolute atomic E-state index is 0.0593. The van der Waals surface area contributed by atoms with Crippen molar-refractivity contribution in [3.8, 4) is 11.4 Å². The number of para-hydroxylation sites is 1. The number of hydrogen-bond donors (Lipinski definition) is 0. The average molecular weight is 994 g/mol. The first kappa shape index (κ1) is 57.0. The number of hydrogen-bond acceptors (Lipinski definition) is 12. The number of carbonyl (C=O) groups excluding carboxylic acids is 3. The summed E-state index contributed by atoms with van der Waals surface area (Å²) in [5.41, 5.74) is 1.53. The summed E-state index contributed by atoms with van der Waals surface area (Å²) in [6.07, 6.45) is 22.1. The van der Waals surface area contributed by atoms with E-state index in [1.54, 1.807) is 17.6 Å². The highest BCUT2D eigenvalue weighted by atomic mass is 31.2. The number of esters is 3. The molecule has 1 unspecified atom stereocenters. The zero-order chi connectivity index (χ0) is 50.4. The van der Waals surface area contributed by atoms with Gasteiger partial charge in [0, 0.05) is 48.5 Å². The Labute approximate surface area is 417 Å². The van der Waals surface area contributed by atoms with Crippen molar-refractivity contribution in [3.05, 3.63) is 63.4 Å². The maximum absolute atomic E-state index is 13.9. The fourth-order valence-electron chi connectivity index (χ4n) is 9.55. The van der Waals surface area contributed by atoms with Gasteiger partial charge in [-0.25, -0.2) is 9.78 Å². The molecule has 3 atom stereocenters. The van der Waals surface area contributed by atoms with E-state index in [0.717, 1.165) is 42.1 Å². The molecule has 5 rings (SSSR count). The summed E-state index contributed by atoms with van der Waals surface area (Å²) >= 11 is 0. The molecule has 0 amide bonds. The van der Waals surface area contributed by atoms with Crippen molar-refractivity contribution < 1.29 is 51.8 Å². The van der Waals surface area contributed by atoms with Gasteiger partial charge in [0.15, 0.2) is 0 Å². The second-order valence-corrected chi connectivity index (χ2v) is 22.6. The van der Waals surface area contributed by atoms with Crippen LogP contribution in [0.4, 0.5) is 0 Å². The smallest absolute Gasteiger partial charge is 0.355 e. The van der Waals surface area contributed by atoms with Gasteiger partial charge in [0.1, 0.15) is 20.3 Å². The Morgan fingerprint density at radius 2 is 1.40 bits per heavy atom. The first-order chi connectivity index (χ1) is 33.7. The Morgan fingerprint density at radius 1 is 0.800 bits per heavy atom. The quantitative estimate of drug-likeness (QED) is 0.0139. The maximum Gasteiger partial charge on any atom is 0.355 e. The number of rotatable bonds is 36. The number of benzene rings is 1. The number of aromatic nitrogens is 2. The van der Waals surface area contributed by atoms with E-state index >= 15 is 0 Å². The molecule has 0 aliphatic carbocycles. The third kappa shape index (κ3) is 18.0. The molecule has 1 aromatic carbocycles. The molecule has 2 aliphatic heterocycles. The summed E-state index contributed by atoms with van der Waals surface area (Å²) in [6.45, 7) is 5.10. The molecular weight excluding hydrogens is 910 g/mol. The largest absolute Gasteiger partial charge is 0.778 e. The molecule has 0 bridgehead atoms. The Morgan fingerprint density at radius 3 is 2.03 bits per heavy atom. The van der Waals surface area contributed by atoms with Gasteiger partial charge in [-0.1, -0.05) is 141 Å². The number of carbonyl (C=O) groups is 3. The molecule has 4 heterocycles. The van der Waals surface area contributed by atoms with E-state index in [1.807, 2.05) is 51.5 Å². The molecule has 14 nitrogen and oxygen atoms in total. The van der Waals surface area contributed by atoms with Gasteiger partial charge >= 0.3 is 17.9 Å². The lowest BCUT2D eigenvalue weighted by Crippen LogP contribution is -2.47. The second-order valence-electron chi connectivity index (χ2n) is 20.6. The van der Waals surface area contributed by atoms with Gasteiger partial charge in [-0.05, 0) is 43.9 Å². The van der Waals surface area contributed by atoms with Crippen molar-refractivity contribution in [1.29, 1.82) is 0 Å². The lowest BCUT2D eigenvalue weighted by atomic mass is 9.85. The maximum atomic E-state index is 13.9. The van der Waals surface area contributed by atoms with Crippen molar-refractivity contribution in [1.82, 2.24) is 9.55 Å². The fraction of sp³-hybridized carbons (Fsp3) is 0.691. The van der Waals surface area contributed by atoms with Gasteiger partial charge in [0.05, 0.1) is 69.9 Å². The van der Waals surface area contributed by atoms with Crippen molar-refractivity contribution in [2.24, 2.45) is 0 Å². The van der Waals surface area contributed by atoms with Gasteiger partial charge in [0.25, 0.3) is 5.56 Å². The summed E-state index contributed by atoms with van der Waals surface area (Å²) in [6, 6.07) is 11.5. The molecule has 15 heteroatoms. The van der Waals surface area contributed by atoms with Crippen LogP contribution in [-0.4, -0.2) is 91.7 Å². The third-order valence-corrected chi connectivity index (χ3v) is 15.1. The van der Waals surface area contributed by atoms with Gasteiger partial charge in [-0.15, -0.1) is 0 Å². The summed E-state index contributed by atoms with van der Waals surface area (Å²) in [5, 5.41) is 0.967. The Kier molecular flexibility index (Phi) is 23.5. The fourth-order valence-corrected chi connectivity index (χ4v) is 10.6. The Bertz CT molecular complexity index is 2240. The zero-order valence-electron chi connectivity index (χ0n) is 43.2. The first-order valence-corrected chi connectivity index (χ1v) is 28.5. The molecular formula is C55H84N3O11P. The molecule has 390 valence electrons. The lowest BCUT2D eigenvalue weighted by molar-refractivity contribution is -0.870. The van der Waals surface area contributed by atoms with Crippen LogP contribution in [0.5, 0.6) is 0 Å². The Balaban J connectivity index is 1.01. The highest BCUT2D eigenvalue weighted by Gasteiger charge is 2.50. The van der Waals surface area contributed by atoms with E-state index in [0.29, 0.717) is 78.8 Å². The number of nitrogens with zero attached hydrogens (tertiary/aromatic N) is 3. The van der Waals surface area contributed by atoms with Crippen molar-refractivity contribution >= 4 is 36.4 Å². The van der Waals surface area contributed by atoms with E-state index < -0.39 is 37.2 Å². The topological polar surface area (TPSA) is 172 Å². The van der Waals surface area contributed by atoms with Crippen LogP contribution in [0.3, 0.4) is 0 Å². The highest BCUT2D eigenvalue weighted by molar-refractivity contribution is 7.51. The van der Waals surface area contributed by atoms with Crippen LogP contribution >= 0.6 is 7.60 Å². The normalized spacial score (nSPS) is 16.6. The third-order valence-electron chi connectivity index (χ3n) is 13.6. The van der Waals surface area contributed by atoms with Crippen LogP contribution in [0.25, 0.3) is 22.3 Å². The molecule has 0 spiro atoms. The van der Waals surface area contributed by atoms with Gasteiger partial charge in [-0.2, -0.15) is 0 Å². The van der Waals surface area contributed by atoms with Gasteiger partial charge in [0.2, 0.25) is 5.60 Å². The van der Waals surface area contributed by atoms with Crippen molar-refractivity contribution in [2.45, 2.75) is 193 Å². The second kappa shape index (κ2) is 28.9. The predicted octanol–water partition coefficient (Wildman–Crippen LogP) is 10.8. The average Bonchev–Trinajstić information content (AvgIpc) is 3.68. The molecule has 70 heavy (non-hydrogen) atoms. The van der Waals surface area contributed by atoms with Crippen molar-refractivity contribution in [2.75, 3.05) is 53.7 Å². The zero-order valence-corrected chi connectivity index (χ0v) is 44.1. The first-order valence-electron chi connectivity index (χ1n) is 26.7. The molecule has 0 N–H and O–H groups in total. The van der Waals surface area contributed by atoms with Crippen molar-refractivity contribution in [3.63, 3.8) is 0 Å². The number of quaternary nitrogens is 1. The summed E-state index contributed by atoms with van der Waals surface area (Å²) < 4.78 is 43.5. The SMILES string of the molecule is CCCCCCCCCCCCCCCCCOC[C@@H](COP(=O)([O-])CCC[N+](C)(C)C)OC(=O)CCCCCCCC(=O)O[C@]1(CC)C(=O)OCc2c1cc1n(c2=O)Cc2cc3ccccc3nc2-1. The number of cyclic esters (lactones) is 1. The van der Waals surface area contributed by atoms with E-state index in [1.165, 1.54) is 77.0 Å². The standard InChI is InChI=1S/C55H84N3O11P/c1-6-8-9-10-11-12-13-14-15-16-17-18-19-23-28-35-65-40-45(41-67-70(63,64)36-29-34-58(3,4)5)68-50(59)32-24-21-20-22-25-33-51(60)69-55(7-2)47-38-49-52-44(37-43-30-26-27-31-48(43)56-52)39-57(49)53(61)46(47)42-66-54(55)62/h26-27,30-31,37-38,45H,6-25,28-29,32-36,39-42H2,1-5H3/t45-,55-/m0/s1. The molecule has 0 radical (unpaired) electrons. The number of unbranched alkanes of at least 4 members (excludes halogenated alkanes) is 18. The minimum Gasteiger partial charge on any atom is -0.778 e. The highest BCUT2D eigenvalue weighted by Crippen LogP contribution is 2.41. The monoisotopic (exact) mass is 994 g/mol. The van der Waals surface area contributed by atoms with Crippen LogP contribution in [0, 0.1) is 0 Å². The van der Waals surface area contributed by atoms with Crippen LogP contribution in [0.15, 0.2) is 41.2 Å². The summed E-state index contributed by atoms with van der Waals surface area (Å²) in [5.74, 6) is -1.71. The van der Waals surface area contributed by atoms with E-state index in [2.05, 4.69) is 6.92 Å². The Hall–Kier alpha value is -3.94. The van der Waals surface area contributed by atoms with Gasteiger partial charge < -0.3 is 42.0 Å². The van der Waals surface area contributed by atoms with Gasteiger partial charge in [-0.3, -0.25) is 14.4 Å². The van der Waals surface area contributed by atoms with Crippen LogP contribution in [0.1, 0.15) is 185 Å². The minimum atomic E-state index is -4.13. The predicted molar refractivity (Wildman–Crippen MR) is 272 cm³/mol. The van der Waals surface area contributed by atoms with E-state index in [9.17, 15) is 28.6 Å². The lowest BCUT2D eigenvalue weighted by Gasteiger charge is -2.35. The number of ether oxygens (including phenoxy) is 4. The number of fused-ring (bicyclic) bond motifs is 5. The van der Waals surface area contributed by atoms with Crippen LogP contribution in [0.2, 0.25) is 0 Å². The summed E-state index contributed by atoms with van der Waals surface area (Å²) in [7, 11) is 1.89. The molecule has 0 saturated heterocycles. The van der Waals surface area contributed by atoms with Crippen LogP contribution < -0.4 is 10.5 Å². The molecule has 0 saturated carbocycles.